The fourth-order valence-corrected chi connectivity index (χ4v) is 2.99. The van der Waals surface area contributed by atoms with E-state index in [0.29, 0.717) is 28.4 Å². The number of nitrogens with one attached hydrogen (secondary N) is 1. The lowest BCUT2D eigenvalue weighted by atomic mass is 10.2. The van der Waals surface area contributed by atoms with E-state index in [1.165, 1.54) is 4.68 Å². The van der Waals surface area contributed by atoms with Crippen molar-refractivity contribution < 1.29 is 18.3 Å². The van der Waals surface area contributed by atoms with Gasteiger partial charge in [0.1, 0.15) is 29.0 Å². The van der Waals surface area contributed by atoms with Crippen molar-refractivity contribution in [2.45, 2.75) is 13.5 Å². The Morgan fingerprint density at radius 2 is 1.87 bits per heavy atom. The fourth-order valence-electron chi connectivity index (χ4n) is 2.99. The van der Waals surface area contributed by atoms with Crippen LogP contribution < -0.4 is 10.1 Å². The molecule has 0 aliphatic heterocycles. The molecule has 0 saturated carbocycles. The summed E-state index contributed by atoms with van der Waals surface area (Å²) in [5.74, 6) is 0.105. The molecule has 4 aromatic rings. The van der Waals surface area contributed by atoms with Gasteiger partial charge in [-0.15, -0.1) is 0 Å². The van der Waals surface area contributed by atoms with E-state index >= 15 is 0 Å². The van der Waals surface area contributed by atoms with Crippen LogP contribution in [-0.4, -0.2) is 20.7 Å². The molecule has 31 heavy (non-hydrogen) atoms. The second-order valence-electron chi connectivity index (χ2n) is 6.84. The molecule has 0 aliphatic rings. The molecule has 2 aromatic heterocycles. The molecule has 0 atom stereocenters. The molecule has 1 N–H and O–H groups in total. The maximum atomic E-state index is 14.0. The van der Waals surface area contributed by atoms with Gasteiger partial charge in [-0.25, -0.2) is 13.5 Å². The summed E-state index contributed by atoms with van der Waals surface area (Å²) in [6.45, 7) is 1.75. The number of nitrogens with zero attached hydrogens (tertiary/aromatic N) is 3. The average Bonchev–Trinajstić information content (AvgIpc) is 3.11. The third kappa shape index (κ3) is 4.75. The lowest BCUT2D eigenvalue weighted by Crippen LogP contribution is -2.17. The summed E-state index contributed by atoms with van der Waals surface area (Å²) in [4.78, 5) is 16.7. The number of aromatic nitrogens is 3. The van der Waals surface area contributed by atoms with E-state index in [2.05, 4.69) is 15.4 Å². The van der Waals surface area contributed by atoms with Crippen LogP contribution in [0, 0.1) is 18.6 Å². The van der Waals surface area contributed by atoms with E-state index in [0.717, 1.165) is 18.2 Å². The lowest BCUT2D eigenvalue weighted by Gasteiger charge is -2.11. The van der Waals surface area contributed by atoms with E-state index in [1.807, 2.05) is 0 Å². The van der Waals surface area contributed by atoms with Crippen molar-refractivity contribution in [3.63, 3.8) is 0 Å². The van der Waals surface area contributed by atoms with Gasteiger partial charge in [0.25, 0.3) is 5.91 Å². The first-order valence-corrected chi connectivity index (χ1v) is 9.45. The molecule has 0 bridgehead atoms. The van der Waals surface area contributed by atoms with Gasteiger partial charge in [-0.1, -0.05) is 0 Å². The zero-order valence-corrected chi connectivity index (χ0v) is 16.5. The van der Waals surface area contributed by atoms with E-state index < -0.39 is 11.6 Å². The molecule has 0 aliphatic carbocycles. The van der Waals surface area contributed by atoms with Crippen LogP contribution in [0.2, 0.25) is 0 Å². The highest BCUT2D eigenvalue weighted by molar-refractivity contribution is 6.04. The SMILES string of the molecule is Cc1cnn(Cc2cc(F)ccc2F)c1NC(=O)c1ccc(Oc2cccnc2)cc1. The van der Waals surface area contributed by atoms with Crippen LogP contribution in [0.4, 0.5) is 14.6 Å². The normalized spacial score (nSPS) is 10.7. The minimum absolute atomic E-state index is 0.0229. The molecule has 0 spiro atoms. The third-order valence-electron chi connectivity index (χ3n) is 4.57. The van der Waals surface area contributed by atoms with Gasteiger partial charge in [-0.05, 0) is 61.5 Å². The lowest BCUT2D eigenvalue weighted by molar-refractivity contribution is 0.102. The number of amides is 1. The summed E-state index contributed by atoms with van der Waals surface area (Å²) in [5, 5.41) is 6.97. The molecular formula is C23H18F2N4O2. The Balaban J connectivity index is 1.48. The summed E-state index contributed by atoms with van der Waals surface area (Å²) in [6, 6.07) is 13.4. The molecule has 2 aromatic carbocycles. The van der Waals surface area contributed by atoms with Crippen molar-refractivity contribution in [1.82, 2.24) is 14.8 Å². The summed E-state index contributed by atoms with van der Waals surface area (Å²) in [5.41, 5.74) is 1.24. The largest absolute Gasteiger partial charge is 0.456 e. The first-order valence-electron chi connectivity index (χ1n) is 9.45. The molecule has 8 heteroatoms. The van der Waals surface area contributed by atoms with Crippen molar-refractivity contribution >= 4 is 11.7 Å². The third-order valence-corrected chi connectivity index (χ3v) is 4.57. The van der Waals surface area contributed by atoms with Crippen LogP contribution in [0.3, 0.4) is 0 Å². The summed E-state index contributed by atoms with van der Waals surface area (Å²) < 4.78 is 34.6. The molecular weight excluding hydrogens is 402 g/mol. The van der Waals surface area contributed by atoms with Crippen molar-refractivity contribution in [3.05, 3.63) is 102 Å². The number of rotatable bonds is 6. The summed E-state index contributed by atoms with van der Waals surface area (Å²) in [7, 11) is 0. The zero-order chi connectivity index (χ0) is 21.8. The van der Waals surface area contributed by atoms with Crippen molar-refractivity contribution in [1.29, 1.82) is 0 Å². The first kappa shape index (κ1) is 20.2. The zero-order valence-electron chi connectivity index (χ0n) is 16.5. The molecule has 1 amide bonds. The smallest absolute Gasteiger partial charge is 0.256 e. The highest BCUT2D eigenvalue weighted by Gasteiger charge is 2.15. The van der Waals surface area contributed by atoms with E-state index in [1.54, 1.807) is 61.9 Å². The standard InChI is InChI=1S/C23H18F2N4O2/c1-15-12-27-29(14-17-11-18(24)6-9-21(17)25)22(15)28-23(30)16-4-7-19(8-5-16)31-20-3-2-10-26-13-20/h2-13H,14H2,1H3,(H,28,30). The highest BCUT2D eigenvalue weighted by Crippen LogP contribution is 2.22. The molecule has 0 unspecified atom stereocenters. The molecule has 2 heterocycles. The second-order valence-corrected chi connectivity index (χ2v) is 6.84. The van der Waals surface area contributed by atoms with Gasteiger partial charge in [-0.2, -0.15) is 5.10 Å². The highest BCUT2D eigenvalue weighted by atomic mass is 19.1. The number of anilines is 1. The van der Waals surface area contributed by atoms with Crippen LogP contribution in [0.15, 0.2) is 73.2 Å². The molecule has 0 saturated heterocycles. The van der Waals surface area contributed by atoms with E-state index in [9.17, 15) is 13.6 Å². The summed E-state index contributed by atoms with van der Waals surface area (Å²) in [6.07, 6.45) is 4.79. The number of pyridine rings is 1. The Bertz CT molecular complexity index is 1210. The van der Waals surface area contributed by atoms with E-state index in [4.69, 9.17) is 4.74 Å². The second kappa shape index (κ2) is 8.74. The van der Waals surface area contributed by atoms with Crippen LogP contribution in [0.5, 0.6) is 11.5 Å². The number of hydrogen-bond donors (Lipinski definition) is 1. The number of aryl methyl sites for hydroxylation is 1. The minimum Gasteiger partial charge on any atom is -0.456 e. The maximum absolute atomic E-state index is 14.0. The van der Waals surface area contributed by atoms with Gasteiger partial charge in [0.05, 0.1) is 18.9 Å². The average molecular weight is 420 g/mol. The first-order chi connectivity index (χ1) is 15.0. The van der Waals surface area contributed by atoms with Gasteiger partial charge in [0.15, 0.2) is 0 Å². The van der Waals surface area contributed by atoms with Gasteiger partial charge in [0.2, 0.25) is 0 Å². The van der Waals surface area contributed by atoms with Crippen molar-refractivity contribution in [2.24, 2.45) is 0 Å². The predicted molar refractivity (Wildman–Crippen MR) is 111 cm³/mol. The van der Waals surface area contributed by atoms with Crippen LogP contribution in [-0.2, 0) is 6.54 Å². The van der Waals surface area contributed by atoms with Crippen LogP contribution >= 0.6 is 0 Å². The molecule has 0 fully saturated rings. The Labute approximate surface area is 177 Å². The maximum Gasteiger partial charge on any atom is 0.256 e. The van der Waals surface area contributed by atoms with Gasteiger partial charge < -0.3 is 10.1 Å². The summed E-state index contributed by atoms with van der Waals surface area (Å²) >= 11 is 0. The number of carbonyl (C=O) groups is 1. The number of ether oxygens (including phenoxy) is 1. The number of benzene rings is 2. The molecule has 156 valence electrons. The monoisotopic (exact) mass is 420 g/mol. The van der Waals surface area contributed by atoms with Crippen molar-refractivity contribution in [2.75, 3.05) is 5.32 Å². The number of hydrogen-bond acceptors (Lipinski definition) is 4. The van der Waals surface area contributed by atoms with Crippen molar-refractivity contribution in [3.8, 4) is 11.5 Å². The fraction of sp³-hybridized carbons (Fsp3) is 0.0870. The Morgan fingerprint density at radius 3 is 2.61 bits per heavy atom. The number of halogens is 2. The predicted octanol–water partition coefficient (Wildman–Crippen LogP) is 4.96. The van der Waals surface area contributed by atoms with Gasteiger partial charge in [-0.3, -0.25) is 9.78 Å². The topological polar surface area (TPSA) is 69.0 Å². The minimum atomic E-state index is -0.545. The number of carbonyl (C=O) groups excluding carboxylic acids is 1. The molecule has 6 nitrogen and oxygen atoms in total. The quantitative estimate of drug-likeness (QED) is 0.479. The Kier molecular flexibility index (Phi) is 5.70. The Morgan fingerprint density at radius 1 is 1.06 bits per heavy atom. The van der Waals surface area contributed by atoms with Crippen LogP contribution in [0.1, 0.15) is 21.5 Å². The van der Waals surface area contributed by atoms with E-state index in [-0.39, 0.29) is 18.0 Å². The Hall–Kier alpha value is -4.07. The molecule has 0 radical (unpaired) electrons. The molecule has 4 rings (SSSR count). The van der Waals surface area contributed by atoms with Gasteiger partial charge >= 0.3 is 0 Å². The van der Waals surface area contributed by atoms with Crippen LogP contribution in [0.25, 0.3) is 0 Å². The van der Waals surface area contributed by atoms with Gasteiger partial charge in [0, 0.05) is 22.9 Å².